The molecule has 5 rings (SSSR count). The number of rotatable bonds is 5. The summed E-state index contributed by atoms with van der Waals surface area (Å²) in [7, 11) is 0. The number of halogens is 1. The van der Waals surface area contributed by atoms with Crippen molar-refractivity contribution >= 4 is 33.1 Å². The lowest BCUT2D eigenvalue weighted by molar-refractivity contribution is -0.116. The van der Waals surface area contributed by atoms with Crippen LogP contribution in [0.25, 0.3) is 15.9 Å². The smallest absolute Gasteiger partial charge is 0.262 e. The highest BCUT2D eigenvalue weighted by Gasteiger charge is 2.20. The Kier molecular flexibility index (Phi) is 5.25. The Hall–Kier alpha value is -3.47. The fourth-order valence-electron chi connectivity index (χ4n) is 3.99. The number of fused-ring (bicyclic) bond motifs is 3. The monoisotopic (exact) mass is 453 g/mol. The van der Waals surface area contributed by atoms with Crippen molar-refractivity contribution in [2.24, 2.45) is 0 Å². The molecule has 164 valence electrons. The van der Waals surface area contributed by atoms with Crippen molar-refractivity contribution < 1.29 is 9.18 Å². The summed E-state index contributed by atoms with van der Waals surface area (Å²) in [5, 5.41) is 14.5. The normalized spacial score (nSPS) is 13.3. The van der Waals surface area contributed by atoms with Gasteiger partial charge in [-0.15, -0.1) is 16.4 Å². The van der Waals surface area contributed by atoms with Gasteiger partial charge >= 0.3 is 0 Å². The van der Waals surface area contributed by atoms with Gasteiger partial charge < -0.3 is 5.32 Å². The molecule has 0 fully saturated rings. The number of aromatic nitrogens is 6. The standard InChI is InChI=1S/C21H20FN7O2S/c1-12-25-26-27-29(12)13-6-7-15(22)16(10-13)24-18(30)8-9-28-11-23-20-19(21(28)31)14-4-2-3-5-17(14)32-20/h6-7,10-11H,2-5,8-9H2,1H3,(H,24,30). The Bertz CT molecular complexity index is 1390. The summed E-state index contributed by atoms with van der Waals surface area (Å²) in [6, 6.07) is 4.23. The van der Waals surface area contributed by atoms with Gasteiger partial charge in [0.2, 0.25) is 5.91 Å². The van der Waals surface area contributed by atoms with E-state index in [1.54, 1.807) is 18.3 Å². The van der Waals surface area contributed by atoms with Gasteiger partial charge in [-0.2, -0.15) is 4.68 Å². The number of amides is 1. The van der Waals surface area contributed by atoms with Crippen LogP contribution >= 0.6 is 11.3 Å². The molecule has 9 nitrogen and oxygen atoms in total. The molecule has 32 heavy (non-hydrogen) atoms. The maximum atomic E-state index is 14.3. The van der Waals surface area contributed by atoms with Gasteiger partial charge in [0.25, 0.3) is 5.56 Å². The Labute approximate surface area is 185 Å². The molecule has 0 unspecified atom stereocenters. The lowest BCUT2D eigenvalue weighted by Crippen LogP contribution is -2.24. The van der Waals surface area contributed by atoms with Gasteiger partial charge in [-0.25, -0.2) is 9.37 Å². The van der Waals surface area contributed by atoms with E-state index in [1.165, 1.54) is 38.7 Å². The summed E-state index contributed by atoms with van der Waals surface area (Å²) in [5.74, 6) is -0.446. The molecular formula is C21H20FN7O2S. The zero-order valence-electron chi connectivity index (χ0n) is 17.3. The molecule has 3 aromatic heterocycles. The van der Waals surface area contributed by atoms with E-state index >= 15 is 0 Å². The number of anilines is 1. The Morgan fingerprint density at radius 2 is 2.12 bits per heavy atom. The summed E-state index contributed by atoms with van der Waals surface area (Å²) in [5.41, 5.74) is 1.54. The number of benzene rings is 1. The SMILES string of the molecule is Cc1nnnn1-c1ccc(F)c(NC(=O)CCn2cnc3sc4c(c3c2=O)CCCC4)c1. The lowest BCUT2D eigenvalue weighted by Gasteiger charge is -2.11. The van der Waals surface area contributed by atoms with Crippen molar-refractivity contribution in [1.82, 2.24) is 29.8 Å². The number of hydrogen-bond donors (Lipinski definition) is 1. The van der Waals surface area contributed by atoms with E-state index in [9.17, 15) is 14.0 Å². The first kappa shape index (κ1) is 20.4. The van der Waals surface area contributed by atoms with Gasteiger partial charge in [0.05, 0.1) is 23.1 Å². The van der Waals surface area contributed by atoms with Crippen LogP contribution in [-0.4, -0.2) is 35.7 Å². The van der Waals surface area contributed by atoms with Gasteiger partial charge in [0.15, 0.2) is 5.82 Å². The van der Waals surface area contributed by atoms with E-state index < -0.39 is 11.7 Å². The zero-order chi connectivity index (χ0) is 22.2. The number of hydrogen-bond acceptors (Lipinski definition) is 7. The van der Waals surface area contributed by atoms with Crippen molar-refractivity contribution in [3.05, 3.63) is 57.0 Å². The van der Waals surface area contributed by atoms with Crippen molar-refractivity contribution in [1.29, 1.82) is 0 Å². The second-order valence-electron chi connectivity index (χ2n) is 7.73. The highest BCUT2D eigenvalue weighted by Crippen LogP contribution is 2.33. The van der Waals surface area contributed by atoms with Crippen molar-refractivity contribution in [2.75, 3.05) is 5.32 Å². The van der Waals surface area contributed by atoms with Crippen LogP contribution < -0.4 is 10.9 Å². The summed E-state index contributed by atoms with van der Waals surface area (Å²) in [6.07, 6.45) is 5.60. The van der Waals surface area contributed by atoms with Crippen LogP contribution in [0.3, 0.4) is 0 Å². The molecule has 0 aliphatic heterocycles. The van der Waals surface area contributed by atoms with Crippen LogP contribution in [0.2, 0.25) is 0 Å². The molecule has 0 radical (unpaired) electrons. The molecule has 0 atom stereocenters. The molecule has 0 bridgehead atoms. The van der Waals surface area contributed by atoms with Gasteiger partial charge in [0.1, 0.15) is 10.6 Å². The number of thiophene rings is 1. The second-order valence-corrected chi connectivity index (χ2v) is 8.82. The highest BCUT2D eigenvalue weighted by molar-refractivity contribution is 7.18. The first-order valence-electron chi connectivity index (χ1n) is 10.4. The van der Waals surface area contributed by atoms with Crippen LogP contribution in [0.15, 0.2) is 29.3 Å². The molecule has 3 heterocycles. The van der Waals surface area contributed by atoms with Crippen molar-refractivity contribution in [2.45, 2.75) is 45.6 Å². The average molecular weight is 454 g/mol. The number of aryl methyl sites for hydroxylation is 4. The highest BCUT2D eigenvalue weighted by atomic mass is 32.1. The van der Waals surface area contributed by atoms with Crippen LogP contribution in [0, 0.1) is 12.7 Å². The maximum absolute atomic E-state index is 14.3. The van der Waals surface area contributed by atoms with E-state index in [4.69, 9.17) is 0 Å². The minimum Gasteiger partial charge on any atom is -0.323 e. The molecule has 1 aromatic carbocycles. The van der Waals surface area contributed by atoms with Gasteiger partial charge in [-0.3, -0.25) is 14.2 Å². The third-order valence-electron chi connectivity index (χ3n) is 5.62. The van der Waals surface area contributed by atoms with Crippen LogP contribution in [-0.2, 0) is 24.2 Å². The summed E-state index contributed by atoms with van der Waals surface area (Å²) in [6.45, 7) is 1.88. The number of carbonyl (C=O) groups excluding carboxylic acids is 1. The zero-order valence-corrected chi connectivity index (χ0v) is 18.2. The van der Waals surface area contributed by atoms with Gasteiger partial charge in [0, 0.05) is 17.8 Å². The molecular weight excluding hydrogens is 433 g/mol. The number of nitrogens with zero attached hydrogens (tertiary/aromatic N) is 6. The third kappa shape index (κ3) is 3.68. The number of tetrazole rings is 1. The molecule has 0 spiro atoms. The van der Waals surface area contributed by atoms with Crippen LogP contribution in [0.1, 0.15) is 35.5 Å². The van der Waals surface area contributed by atoms with Gasteiger partial charge in [-0.1, -0.05) is 0 Å². The van der Waals surface area contributed by atoms with E-state index in [0.29, 0.717) is 16.9 Å². The minimum atomic E-state index is -0.571. The summed E-state index contributed by atoms with van der Waals surface area (Å²) in [4.78, 5) is 32.0. The average Bonchev–Trinajstić information content (AvgIpc) is 3.38. The van der Waals surface area contributed by atoms with Crippen LogP contribution in [0.5, 0.6) is 0 Å². The Balaban J connectivity index is 1.32. The maximum Gasteiger partial charge on any atom is 0.262 e. The molecule has 1 aliphatic carbocycles. The van der Waals surface area contributed by atoms with E-state index in [-0.39, 0.29) is 24.2 Å². The number of nitrogens with one attached hydrogen (secondary N) is 1. The molecule has 1 N–H and O–H groups in total. The first-order valence-corrected chi connectivity index (χ1v) is 11.2. The van der Waals surface area contributed by atoms with Gasteiger partial charge in [-0.05, 0) is 66.8 Å². The quantitative estimate of drug-likeness (QED) is 0.498. The fourth-order valence-corrected chi connectivity index (χ4v) is 5.21. The molecule has 0 saturated carbocycles. The Morgan fingerprint density at radius 3 is 2.94 bits per heavy atom. The first-order chi connectivity index (χ1) is 15.5. The molecule has 1 amide bonds. The van der Waals surface area contributed by atoms with E-state index in [2.05, 4.69) is 25.8 Å². The molecule has 1 aliphatic rings. The predicted octanol–water partition coefficient (Wildman–Crippen LogP) is 2.79. The Morgan fingerprint density at radius 1 is 1.28 bits per heavy atom. The summed E-state index contributed by atoms with van der Waals surface area (Å²) >= 11 is 1.59. The van der Waals surface area contributed by atoms with Crippen molar-refractivity contribution in [3.8, 4) is 5.69 Å². The number of carbonyl (C=O) groups is 1. The largest absolute Gasteiger partial charge is 0.323 e. The lowest BCUT2D eigenvalue weighted by atomic mass is 9.97. The van der Waals surface area contributed by atoms with Crippen molar-refractivity contribution in [3.63, 3.8) is 0 Å². The molecule has 0 saturated heterocycles. The fraction of sp³-hybridized carbons (Fsp3) is 0.333. The topological polar surface area (TPSA) is 108 Å². The van der Waals surface area contributed by atoms with Crippen LogP contribution in [0.4, 0.5) is 10.1 Å². The summed E-state index contributed by atoms with van der Waals surface area (Å²) < 4.78 is 17.2. The third-order valence-corrected chi connectivity index (χ3v) is 6.82. The second kappa shape index (κ2) is 8.23. The molecule has 11 heteroatoms. The van der Waals surface area contributed by atoms with E-state index in [1.807, 2.05) is 0 Å². The minimum absolute atomic E-state index is 0.00694. The van der Waals surface area contributed by atoms with E-state index in [0.717, 1.165) is 36.1 Å². The molecule has 4 aromatic rings. The predicted molar refractivity (Wildman–Crippen MR) is 118 cm³/mol.